The first-order valence-corrected chi connectivity index (χ1v) is 14.8. The first-order chi connectivity index (χ1) is 21.1. The number of rotatable bonds is 10. The van der Waals surface area contributed by atoms with Gasteiger partial charge in [-0.05, 0) is 74.8 Å². The van der Waals surface area contributed by atoms with Crippen molar-refractivity contribution < 1.29 is 14.3 Å². The summed E-state index contributed by atoms with van der Waals surface area (Å²) < 4.78 is 12.6. The molecule has 0 unspecified atom stereocenters. The average Bonchev–Trinajstić information content (AvgIpc) is 3.68. The van der Waals surface area contributed by atoms with Crippen LogP contribution < -0.4 is 25.4 Å². The summed E-state index contributed by atoms with van der Waals surface area (Å²) in [6.45, 7) is 4.00. The summed E-state index contributed by atoms with van der Waals surface area (Å²) in [5, 5.41) is 19.4. The number of nitrogens with zero attached hydrogens (tertiary/aromatic N) is 5. The molecule has 2 aromatic heterocycles. The van der Waals surface area contributed by atoms with E-state index in [4.69, 9.17) is 19.7 Å². The van der Waals surface area contributed by atoms with Gasteiger partial charge in [-0.3, -0.25) is 0 Å². The van der Waals surface area contributed by atoms with E-state index in [9.17, 15) is 4.79 Å². The smallest absolute Gasteiger partial charge is 0.323 e. The number of aromatic nitrogens is 3. The zero-order valence-corrected chi connectivity index (χ0v) is 24.4. The highest BCUT2D eigenvalue weighted by molar-refractivity contribution is 7.22. The average molecular weight is 595 g/mol. The van der Waals surface area contributed by atoms with Crippen LogP contribution in [0.1, 0.15) is 24.8 Å². The highest BCUT2D eigenvalue weighted by atomic mass is 32.1. The maximum absolute atomic E-state index is 12.5. The van der Waals surface area contributed by atoms with Gasteiger partial charge in [0.2, 0.25) is 0 Å². The number of nitrogens with one attached hydrogen (secondary N) is 3. The van der Waals surface area contributed by atoms with E-state index in [1.807, 2.05) is 24.3 Å². The highest BCUT2D eigenvalue weighted by Gasteiger charge is 2.15. The standard InChI is InChI=1S/C31H30N8O3S/c1-41-26-16-23-25(17-27(26)42-13-5-12-39-10-2-3-11-39)33-19-34-29(23)38-31-37-24-9-8-22(15-28(24)43-31)36-30(40)35-21-7-4-6-20(14-21)18-32/h4,6-9,14-17,19H,2-3,5,10-13H2,1H3,(H2,35,36,40)(H,33,34,37,38). The molecule has 1 fully saturated rings. The Morgan fingerprint density at radius 1 is 1.02 bits per heavy atom. The number of likely N-dealkylation sites (tertiary alicyclic amines) is 1. The fourth-order valence-electron chi connectivity index (χ4n) is 5.03. The van der Waals surface area contributed by atoms with Crippen LogP contribution in [0, 0.1) is 11.3 Å². The number of fused-ring (bicyclic) bond motifs is 2. The number of hydrogen-bond acceptors (Lipinski definition) is 10. The van der Waals surface area contributed by atoms with Gasteiger partial charge in [0.1, 0.15) is 12.1 Å². The molecule has 0 saturated carbocycles. The molecule has 11 nitrogen and oxygen atoms in total. The van der Waals surface area contributed by atoms with E-state index in [0.717, 1.165) is 34.1 Å². The second-order valence-electron chi connectivity index (χ2n) is 10.1. The number of hydrogen-bond donors (Lipinski definition) is 3. The van der Waals surface area contributed by atoms with Crippen molar-refractivity contribution in [3.63, 3.8) is 0 Å². The van der Waals surface area contributed by atoms with E-state index >= 15 is 0 Å². The molecule has 6 rings (SSSR count). The molecule has 3 aromatic carbocycles. The number of anilines is 4. The minimum absolute atomic E-state index is 0.409. The van der Waals surface area contributed by atoms with Crippen molar-refractivity contribution in [2.45, 2.75) is 19.3 Å². The lowest BCUT2D eigenvalue weighted by Crippen LogP contribution is -2.21. The number of urea groups is 1. The van der Waals surface area contributed by atoms with Crippen molar-refractivity contribution in [3.05, 3.63) is 66.5 Å². The van der Waals surface area contributed by atoms with Crippen LogP contribution in [0.25, 0.3) is 21.1 Å². The van der Waals surface area contributed by atoms with Gasteiger partial charge in [-0.2, -0.15) is 5.26 Å². The lowest BCUT2D eigenvalue weighted by molar-refractivity contribution is 0.254. The Bertz CT molecular complexity index is 1810. The maximum Gasteiger partial charge on any atom is 0.323 e. The van der Waals surface area contributed by atoms with Gasteiger partial charge >= 0.3 is 6.03 Å². The lowest BCUT2D eigenvalue weighted by atomic mass is 10.2. The van der Waals surface area contributed by atoms with Gasteiger partial charge < -0.3 is 30.3 Å². The van der Waals surface area contributed by atoms with Gasteiger partial charge in [-0.1, -0.05) is 17.4 Å². The molecule has 2 amide bonds. The molecular weight excluding hydrogens is 564 g/mol. The molecule has 0 bridgehead atoms. The van der Waals surface area contributed by atoms with E-state index < -0.39 is 6.03 Å². The summed E-state index contributed by atoms with van der Waals surface area (Å²) >= 11 is 1.44. The predicted octanol–water partition coefficient (Wildman–Crippen LogP) is 6.37. The van der Waals surface area contributed by atoms with Crippen LogP contribution in [0.5, 0.6) is 11.5 Å². The third-order valence-electron chi connectivity index (χ3n) is 7.12. The number of benzene rings is 3. The van der Waals surface area contributed by atoms with Crippen LogP contribution in [-0.2, 0) is 0 Å². The summed E-state index contributed by atoms with van der Waals surface area (Å²) in [4.78, 5) is 28.6. The Labute approximate surface area is 252 Å². The van der Waals surface area contributed by atoms with Crippen molar-refractivity contribution in [1.29, 1.82) is 5.26 Å². The van der Waals surface area contributed by atoms with Crippen LogP contribution in [0.3, 0.4) is 0 Å². The molecule has 1 aliphatic rings. The molecule has 1 saturated heterocycles. The van der Waals surface area contributed by atoms with E-state index in [1.165, 1.54) is 43.6 Å². The summed E-state index contributed by atoms with van der Waals surface area (Å²) in [6, 6.07) is 17.6. The van der Waals surface area contributed by atoms with Gasteiger partial charge in [0.25, 0.3) is 0 Å². The third-order valence-corrected chi connectivity index (χ3v) is 8.05. The van der Waals surface area contributed by atoms with Crippen LogP contribution in [-0.4, -0.2) is 59.2 Å². The largest absolute Gasteiger partial charge is 0.493 e. The molecule has 0 radical (unpaired) electrons. The van der Waals surface area contributed by atoms with Gasteiger partial charge in [0, 0.05) is 29.4 Å². The molecule has 3 N–H and O–H groups in total. The Morgan fingerprint density at radius 3 is 2.67 bits per heavy atom. The monoisotopic (exact) mass is 594 g/mol. The molecule has 0 aliphatic carbocycles. The SMILES string of the molecule is COc1cc2c(Nc3nc4ccc(NC(=O)Nc5cccc(C#N)c5)cc4s3)ncnc2cc1OCCCN1CCCC1. The second kappa shape index (κ2) is 12.9. The van der Waals surface area contributed by atoms with E-state index in [-0.39, 0.29) is 0 Å². The summed E-state index contributed by atoms with van der Waals surface area (Å²) in [6.07, 6.45) is 5.03. The minimum atomic E-state index is -0.409. The van der Waals surface area contributed by atoms with E-state index in [2.05, 4.69) is 36.9 Å². The van der Waals surface area contributed by atoms with Gasteiger partial charge in [-0.25, -0.2) is 19.7 Å². The minimum Gasteiger partial charge on any atom is -0.493 e. The Hall–Kier alpha value is -4.99. The molecule has 0 atom stereocenters. The Kier molecular flexibility index (Phi) is 8.44. The highest BCUT2D eigenvalue weighted by Crippen LogP contribution is 2.36. The first kappa shape index (κ1) is 28.1. The quantitative estimate of drug-likeness (QED) is 0.157. The van der Waals surface area contributed by atoms with Crippen molar-refractivity contribution in [2.24, 2.45) is 0 Å². The van der Waals surface area contributed by atoms with Crippen LogP contribution >= 0.6 is 11.3 Å². The van der Waals surface area contributed by atoms with Gasteiger partial charge in [-0.15, -0.1) is 0 Å². The van der Waals surface area contributed by atoms with Gasteiger partial charge in [0.15, 0.2) is 16.6 Å². The molecule has 218 valence electrons. The Balaban J connectivity index is 1.14. The van der Waals surface area contributed by atoms with Crippen molar-refractivity contribution >= 4 is 60.8 Å². The molecule has 0 spiro atoms. The summed E-state index contributed by atoms with van der Waals surface area (Å²) in [7, 11) is 1.62. The topological polar surface area (TPSA) is 137 Å². The molecule has 43 heavy (non-hydrogen) atoms. The number of carbonyl (C=O) groups is 1. The number of thiazole rings is 1. The fraction of sp³-hybridized carbons (Fsp3) is 0.258. The third kappa shape index (κ3) is 6.74. The van der Waals surface area contributed by atoms with Crippen LogP contribution in [0.4, 0.5) is 27.1 Å². The number of carbonyl (C=O) groups excluding carboxylic acids is 1. The molecule has 12 heteroatoms. The number of methoxy groups -OCH3 is 1. The zero-order valence-electron chi connectivity index (χ0n) is 23.6. The lowest BCUT2D eigenvalue weighted by Gasteiger charge is -2.16. The number of nitriles is 1. The molecular formula is C31H30N8O3S. The second-order valence-corrected chi connectivity index (χ2v) is 11.1. The maximum atomic E-state index is 12.5. The van der Waals surface area contributed by atoms with Crippen molar-refractivity contribution in [3.8, 4) is 17.6 Å². The normalized spacial score (nSPS) is 13.1. The molecule has 5 aromatic rings. The van der Waals surface area contributed by atoms with Crippen molar-refractivity contribution in [2.75, 3.05) is 49.3 Å². The van der Waals surface area contributed by atoms with E-state index in [0.29, 0.717) is 46.0 Å². The summed E-state index contributed by atoms with van der Waals surface area (Å²) in [5.74, 6) is 1.87. The fourth-order valence-corrected chi connectivity index (χ4v) is 5.93. The zero-order chi connectivity index (χ0) is 29.6. The van der Waals surface area contributed by atoms with Gasteiger partial charge in [0.05, 0.1) is 41.1 Å². The van der Waals surface area contributed by atoms with Crippen LogP contribution in [0.15, 0.2) is 60.9 Å². The molecule has 3 heterocycles. The predicted molar refractivity (Wildman–Crippen MR) is 169 cm³/mol. The summed E-state index contributed by atoms with van der Waals surface area (Å²) in [5.41, 5.74) is 3.12. The van der Waals surface area contributed by atoms with Crippen molar-refractivity contribution in [1.82, 2.24) is 19.9 Å². The van der Waals surface area contributed by atoms with E-state index in [1.54, 1.807) is 37.4 Å². The number of ether oxygens (including phenoxy) is 2. The Morgan fingerprint density at radius 2 is 1.86 bits per heavy atom. The number of amides is 2. The molecule has 1 aliphatic heterocycles. The van der Waals surface area contributed by atoms with Crippen LogP contribution in [0.2, 0.25) is 0 Å². The first-order valence-electron chi connectivity index (χ1n) is 14.0.